The molecule has 1 aliphatic carbocycles. The van der Waals surface area contributed by atoms with E-state index in [-0.39, 0.29) is 0 Å². The molecule has 1 nitrogen and oxygen atoms in total. The van der Waals surface area contributed by atoms with Crippen LogP contribution in [-0.2, 0) is 0 Å². The molecule has 47 valence electrons. The van der Waals surface area contributed by atoms with Gasteiger partial charge in [0, 0.05) is 6.54 Å². The maximum absolute atomic E-state index is 7.10. The van der Waals surface area contributed by atoms with Crippen molar-refractivity contribution in [3.05, 3.63) is 0 Å². The van der Waals surface area contributed by atoms with Crippen molar-refractivity contribution in [1.82, 2.24) is 5.73 Å². The van der Waals surface area contributed by atoms with Crippen LogP contribution in [0.25, 0.3) is 0 Å². The van der Waals surface area contributed by atoms with Gasteiger partial charge in [-0.1, -0.05) is 19.3 Å². The lowest BCUT2D eigenvalue weighted by molar-refractivity contribution is 0.363. The summed E-state index contributed by atoms with van der Waals surface area (Å²) in [6.07, 6.45) is 6.82. The van der Waals surface area contributed by atoms with Crippen LogP contribution in [0.3, 0.4) is 0 Å². The average molecular weight is 112 g/mol. The van der Waals surface area contributed by atoms with Gasteiger partial charge in [0.1, 0.15) is 0 Å². The van der Waals surface area contributed by atoms with Gasteiger partial charge in [0.2, 0.25) is 0 Å². The van der Waals surface area contributed by atoms with Gasteiger partial charge in [0.25, 0.3) is 0 Å². The van der Waals surface area contributed by atoms with Crippen molar-refractivity contribution in [3.63, 3.8) is 0 Å². The van der Waals surface area contributed by atoms with E-state index in [4.69, 9.17) is 5.73 Å². The fourth-order valence-corrected chi connectivity index (χ4v) is 1.39. The first-order chi connectivity index (χ1) is 3.93. The molecule has 0 atom stereocenters. The molecule has 0 aromatic heterocycles. The summed E-state index contributed by atoms with van der Waals surface area (Å²) in [5, 5.41) is 0. The standard InChI is InChI=1S/C7H14N/c8-6-7-4-2-1-3-5-7/h7-8H,1-6H2. The Hall–Kier alpha value is -0.0400. The molecule has 1 rings (SSSR count). The summed E-state index contributed by atoms with van der Waals surface area (Å²) < 4.78 is 0. The van der Waals surface area contributed by atoms with E-state index >= 15 is 0 Å². The maximum Gasteiger partial charge on any atom is 0.0128 e. The molecule has 1 aliphatic rings. The highest BCUT2D eigenvalue weighted by Gasteiger charge is 2.10. The quantitative estimate of drug-likeness (QED) is 0.494. The highest BCUT2D eigenvalue weighted by atomic mass is 14.5. The van der Waals surface area contributed by atoms with E-state index in [0.29, 0.717) is 6.54 Å². The molecular weight excluding hydrogens is 98.1 g/mol. The molecule has 0 amide bonds. The van der Waals surface area contributed by atoms with Crippen molar-refractivity contribution in [2.24, 2.45) is 5.92 Å². The van der Waals surface area contributed by atoms with Crippen LogP contribution in [0.2, 0.25) is 0 Å². The number of hydrogen-bond acceptors (Lipinski definition) is 0. The van der Waals surface area contributed by atoms with Crippen molar-refractivity contribution in [2.75, 3.05) is 6.54 Å². The molecule has 8 heavy (non-hydrogen) atoms. The summed E-state index contributed by atoms with van der Waals surface area (Å²) in [5.41, 5.74) is 7.10. The first-order valence-electron chi connectivity index (χ1n) is 3.58. The molecule has 1 heteroatoms. The summed E-state index contributed by atoms with van der Waals surface area (Å²) in [7, 11) is 0. The lowest BCUT2D eigenvalue weighted by atomic mass is 9.90. The average Bonchev–Trinajstić information content (AvgIpc) is 1.90. The van der Waals surface area contributed by atoms with E-state index in [1.807, 2.05) is 0 Å². The molecule has 0 aromatic carbocycles. The van der Waals surface area contributed by atoms with Crippen LogP contribution in [-0.4, -0.2) is 6.54 Å². The van der Waals surface area contributed by atoms with Gasteiger partial charge < -0.3 is 0 Å². The Balaban J connectivity index is 2.13. The molecule has 0 aliphatic heterocycles. The van der Waals surface area contributed by atoms with E-state index in [2.05, 4.69) is 0 Å². The van der Waals surface area contributed by atoms with Crippen molar-refractivity contribution < 1.29 is 0 Å². The van der Waals surface area contributed by atoms with Crippen LogP contribution in [0, 0.1) is 5.92 Å². The molecule has 1 radical (unpaired) electrons. The van der Waals surface area contributed by atoms with Crippen LogP contribution < -0.4 is 5.73 Å². The highest BCUT2D eigenvalue weighted by molar-refractivity contribution is 4.64. The zero-order valence-corrected chi connectivity index (χ0v) is 5.32. The van der Waals surface area contributed by atoms with Gasteiger partial charge in [-0.05, 0) is 18.8 Å². The van der Waals surface area contributed by atoms with Crippen molar-refractivity contribution in [3.8, 4) is 0 Å². The maximum atomic E-state index is 7.10. The fraction of sp³-hybridized carbons (Fsp3) is 1.00. The molecule has 0 heterocycles. The Morgan fingerprint density at radius 1 is 1.12 bits per heavy atom. The summed E-state index contributed by atoms with van der Waals surface area (Å²) in [4.78, 5) is 0. The van der Waals surface area contributed by atoms with Crippen LogP contribution >= 0.6 is 0 Å². The largest absolute Gasteiger partial charge is 0.258 e. The predicted octanol–water partition coefficient (Wildman–Crippen LogP) is 1.85. The number of nitrogens with one attached hydrogen (secondary N) is 1. The third-order valence-corrected chi connectivity index (χ3v) is 2.01. The zero-order chi connectivity index (χ0) is 5.82. The number of rotatable bonds is 1. The van der Waals surface area contributed by atoms with Gasteiger partial charge >= 0.3 is 0 Å². The lowest BCUT2D eigenvalue weighted by Crippen LogP contribution is -2.10. The van der Waals surface area contributed by atoms with Crippen LogP contribution in [0.1, 0.15) is 32.1 Å². The third-order valence-electron chi connectivity index (χ3n) is 2.01. The van der Waals surface area contributed by atoms with Crippen LogP contribution in [0.4, 0.5) is 0 Å². The molecule has 1 fully saturated rings. The Morgan fingerprint density at radius 3 is 2.12 bits per heavy atom. The van der Waals surface area contributed by atoms with Crippen LogP contribution in [0.15, 0.2) is 0 Å². The second-order valence-electron chi connectivity index (χ2n) is 2.71. The SMILES string of the molecule is [NH]CC1CCCCC1. The minimum absolute atomic E-state index is 0.667. The molecule has 1 saturated carbocycles. The summed E-state index contributed by atoms with van der Waals surface area (Å²) in [6.45, 7) is 0.667. The lowest BCUT2D eigenvalue weighted by Gasteiger charge is -2.18. The predicted molar refractivity (Wildman–Crippen MR) is 34.5 cm³/mol. The first-order valence-corrected chi connectivity index (χ1v) is 3.58. The van der Waals surface area contributed by atoms with Gasteiger partial charge in [0.15, 0.2) is 0 Å². The monoisotopic (exact) mass is 112 g/mol. The molecule has 0 saturated heterocycles. The van der Waals surface area contributed by atoms with Gasteiger partial charge in [-0.15, -0.1) is 0 Å². The fourth-order valence-electron chi connectivity index (χ4n) is 1.39. The third kappa shape index (κ3) is 1.48. The number of hydrogen-bond donors (Lipinski definition) is 0. The Morgan fingerprint density at radius 2 is 1.75 bits per heavy atom. The van der Waals surface area contributed by atoms with Crippen LogP contribution in [0.5, 0.6) is 0 Å². The van der Waals surface area contributed by atoms with E-state index < -0.39 is 0 Å². The normalized spacial score (nSPS) is 23.6. The molecule has 0 unspecified atom stereocenters. The van der Waals surface area contributed by atoms with Crippen molar-refractivity contribution in [2.45, 2.75) is 32.1 Å². The molecule has 1 N–H and O–H groups in total. The van der Waals surface area contributed by atoms with E-state index in [1.165, 1.54) is 32.1 Å². The molecule has 0 bridgehead atoms. The molecule has 0 spiro atoms. The minimum atomic E-state index is 0.667. The van der Waals surface area contributed by atoms with E-state index in [1.54, 1.807) is 0 Å². The van der Waals surface area contributed by atoms with E-state index in [0.717, 1.165) is 5.92 Å². The zero-order valence-electron chi connectivity index (χ0n) is 5.32. The minimum Gasteiger partial charge on any atom is -0.258 e. The van der Waals surface area contributed by atoms with Gasteiger partial charge in [0.05, 0.1) is 0 Å². The van der Waals surface area contributed by atoms with E-state index in [9.17, 15) is 0 Å². The second-order valence-corrected chi connectivity index (χ2v) is 2.71. The van der Waals surface area contributed by atoms with Gasteiger partial charge in [-0.3, -0.25) is 5.73 Å². The topological polar surface area (TPSA) is 23.8 Å². The summed E-state index contributed by atoms with van der Waals surface area (Å²) in [6, 6.07) is 0. The Labute approximate surface area is 51.3 Å². The smallest absolute Gasteiger partial charge is 0.0128 e. The van der Waals surface area contributed by atoms with Crippen molar-refractivity contribution in [1.29, 1.82) is 0 Å². The summed E-state index contributed by atoms with van der Waals surface area (Å²) >= 11 is 0. The summed E-state index contributed by atoms with van der Waals surface area (Å²) in [5.74, 6) is 0.753. The Kier molecular flexibility index (Phi) is 2.34. The highest BCUT2D eigenvalue weighted by Crippen LogP contribution is 2.22. The van der Waals surface area contributed by atoms with Gasteiger partial charge in [-0.2, -0.15) is 0 Å². The first kappa shape index (κ1) is 6.09. The molecular formula is C7H14N. The second kappa shape index (κ2) is 3.08. The molecule has 0 aromatic rings. The van der Waals surface area contributed by atoms with Gasteiger partial charge in [-0.25, -0.2) is 0 Å². The van der Waals surface area contributed by atoms with Crippen molar-refractivity contribution >= 4 is 0 Å². The Bertz CT molecular complexity index is 55.4.